The highest BCUT2D eigenvalue weighted by molar-refractivity contribution is 5.82. The number of amides is 2. The van der Waals surface area contributed by atoms with Gasteiger partial charge in [0.1, 0.15) is 0 Å². The van der Waals surface area contributed by atoms with Crippen molar-refractivity contribution in [2.75, 3.05) is 32.8 Å². The smallest absolute Gasteiger partial charge is 0.239 e. The monoisotopic (exact) mass is 269 g/mol. The Kier molecular flexibility index (Phi) is 5.15. The molecule has 6 heteroatoms. The molecule has 2 N–H and O–H groups in total. The van der Waals surface area contributed by atoms with Gasteiger partial charge in [-0.05, 0) is 19.8 Å². The van der Waals surface area contributed by atoms with Gasteiger partial charge in [0, 0.05) is 32.1 Å². The van der Waals surface area contributed by atoms with Crippen LogP contribution in [0.1, 0.15) is 26.2 Å². The summed E-state index contributed by atoms with van der Waals surface area (Å²) < 4.78 is 5.24. The summed E-state index contributed by atoms with van der Waals surface area (Å²) in [5.74, 6) is 0.175. The summed E-state index contributed by atoms with van der Waals surface area (Å²) >= 11 is 0. The van der Waals surface area contributed by atoms with E-state index >= 15 is 0 Å². The molecule has 2 amide bonds. The quantitative estimate of drug-likeness (QED) is 0.724. The minimum absolute atomic E-state index is 0.0704. The molecule has 2 aliphatic rings. The van der Waals surface area contributed by atoms with Gasteiger partial charge in [-0.15, -0.1) is 0 Å². The molecule has 2 heterocycles. The van der Waals surface area contributed by atoms with E-state index in [-0.39, 0.29) is 23.9 Å². The maximum absolute atomic E-state index is 12.2. The zero-order valence-corrected chi connectivity index (χ0v) is 11.5. The summed E-state index contributed by atoms with van der Waals surface area (Å²) in [5.41, 5.74) is 0. The largest absolute Gasteiger partial charge is 0.378 e. The number of hydrogen-bond donors (Lipinski definition) is 2. The van der Waals surface area contributed by atoms with E-state index < -0.39 is 0 Å². The fourth-order valence-electron chi connectivity index (χ4n) is 2.60. The van der Waals surface area contributed by atoms with E-state index in [4.69, 9.17) is 4.74 Å². The SMILES string of the molecule is CC(NC1CCCNC(=O)C1)C(=O)N1CCOCC1. The van der Waals surface area contributed by atoms with E-state index in [0.29, 0.717) is 32.7 Å². The number of nitrogens with one attached hydrogen (secondary N) is 2. The minimum Gasteiger partial charge on any atom is -0.378 e. The van der Waals surface area contributed by atoms with Gasteiger partial charge in [0.15, 0.2) is 0 Å². The van der Waals surface area contributed by atoms with Crippen LogP contribution in [-0.2, 0) is 14.3 Å². The molecule has 0 aromatic heterocycles. The molecule has 2 aliphatic heterocycles. The number of nitrogens with zero attached hydrogens (tertiary/aromatic N) is 1. The second-order valence-electron chi connectivity index (χ2n) is 5.22. The number of morpholine rings is 1. The lowest BCUT2D eigenvalue weighted by atomic mass is 10.1. The van der Waals surface area contributed by atoms with Crippen LogP contribution in [0, 0.1) is 0 Å². The first-order valence-electron chi connectivity index (χ1n) is 7.06. The van der Waals surface area contributed by atoms with Crippen LogP contribution >= 0.6 is 0 Å². The van der Waals surface area contributed by atoms with E-state index in [0.717, 1.165) is 19.4 Å². The molecule has 0 aromatic carbocycles. The number of rotatable bonds is 3. The Hall–Kier alpha value is -1.14. The van der Waals surface area contributed by atoms with Crippen molar-refractivity contribution in [3.63, 3.8) is 0 Å². The fourth-order valence-corrected chi connectivity index (χ4v) is 2.60. The Morgan fingerprint density at radius 3 is 2.95 bits per heavy atom. The van der Waals surface area contributed by atoms with Crippen molar-refractivity contribution in [2.45, 2.75) is 38.3 Å². The van der Waals surface area contributed by atoms with Crippen molar-refractivity contribution in [1.82, 2.24) is 15.5 Å². The normalized spacial score (nSPS) is 26.5. The average Bonchev–Trinajstić information content (AvgIpc) is 2.63. The lowest BCUT2D eigenvalue weighted by molar-refractivity contribution is -0.137. The zero-order chi connectivity index (χ0) is 13.7. The Labute approximate surface area is 113 Å². The standard InChI is InChI=1S/C13H23N3O3/c1-10(13(18)16-5-7-19-8-6-16)15-11-3-2-4-14-12(17)9-11/h10-11,15H,2-9H2,1H3,(H,14,17). The van der Waals surface area contributed by atoms with Crippen LogP contribution in [0.5, 0.6) is 0 Å². The van der Waals surface area contributed by atoms with Crippen LogP contribution in [0.3, 0.4) is 0 Å². The third-order valence-corrected chi connectivity index (χ3v) is 3.66. The second kappa shape index (κ2) is 6.86. The predicted octanol–water partition coefficient (Wildman–Crippen LogP) is -0.508. The van der Waals surface area contributed by atoms with Gasteiger partial charge in [0.05, 0.1) is 19.3 Å². The fraction of sp³-hybridized carbons (Fsp3) is 0.846. The first kappa shape index (κ1) is 14.3. The Balaban J connectivity index is 1.83. The molecule has 0 radical (unpaired) electrons. The van der Waals surface area contributed by atoms with Crippen LogP contribution in [0.25, 0.3) is 0 Å². The molecule has 0 bridgehead atoms. The third kappa shape index (κ3) is 4.18. The van der Waals surface area contributed by atoms with Crippen molar-refractivity contribution in [3.05, 3.63) is 0 Å². The highest BCUT2D eigenvalue weighted by atomic mass is 16.5. The zero-order valence-electron chi connectivity index (χ0n) is 11.5. The van der Waals surface area contributed by atoms with Crippen LogP contribution in [0.2, 0.25) is 0 Å². The Morgan fingerprint density at radius 1 is 1.47 bits per heavy atom. The van der Waals surface area contributed by atoms with Gasteiger partial charge in [-0.2, -0.15) is 0 Å². The molecule has 6 nitrogen and oxygen atoms in total. The molecule has 0 saturated carbocycles. The molecule has 2 fully saturated rings. The van der Waals surface area contributed by atoms with Crippen LogP contribution < -0.4 is 10.6 Å². The Morgan fingerprint density at radius 2 is 2.21 bits per heavy atom. The van der Waals surface area contributed by atoms with E-state index in [1.807, 2.05) is 11.8 Å². The minimum atomic E-state index is -0.242. The summed E-state index contributed by atoms with van der Waals surface area (Å²) in [6.45, 7) is 5.17. The van der Waals surface area contributed by atoms with Gasteiger partial charge in [-0.3, -0.25) is 9.59 Å². The van der Waals surface area contributed by atoms with E-state index in [1.54, 1.807) is 0 Å². The second-order valence-corrected chi connectivity index (χ2v) is 5.22. The van der Waals surface area contributed by atoms with Crippen LogP contribution in [0.4, 0.5) is 0 Å². The molecular formula is C13H23N3O3. The molecule has 108 valence electrons. The molecule has 19 heavy (non-hydrogen) atoms. The molecule has 2 saturated heterocycles. The summed E-state index contributed by atoms with van der Waals surface area (Å²) in [6.07, 6.45) is 2.35. The molecule has 2 unspecified atom stereocenters. The molecule has 0 aliphatic carbocycles. The topological polar surface area (TPSA) is 70.7 Å². The number of carbonyl (C=O) groups excluding carboxylic acids is 2. The highest BCUT2D eigenvalue weighted by Crippen LogP contribution is 2.08. The van der Waals surface area contributed by atoms with Crippen LogP contribution in [-0.4, -0.2) is 61.6 Å². The molecule has 2 rings (SSSR count). The van der Waals surface area contributed by atoms with E-state index in [1.165, 1.54) is 0 Å². The molecular weight excluding hydrogens is 246 g/mol. The van der Waals surface area contributed by atoms with Crippen molar-refractivity contribution in [1.29, 1.82) is 0 Å². The van der Waals surface area contributed by atoms with E-state index in [9.17, 15) is 9.59 Å². The maximum atomic E-state index is 12.2. The third-order valence-electron chi connectivity index (χ3n) is 3.66. The number of carbonyl (C=O) groups is 2. The summed E-state index contributed by atoms with van der Waals surface area (Å²) in [5, 5.41) is 6.14. The van der Waals surface area contributed by atoms with Gasteiger partial charge in [0.2, 0.25) is 11.8 Å². The lowest BCUT2D eigenvalue weighted by Crippen LogP contribution is -2.51. The molecule has 2 atom stereocenters. The predicted molar refractivity (Wildman–Crippen MR) is 70.6 cm³/mol. The number of ether oxygens (including phenoxy) is 1. The Bertz CT molecular complexity index is 329. The first-order valence-corrected chi connectivity index (χ1v) is 7.06. The van der Waals surface area contributed by atoms with Gasteiger partial charge in [0.25, 0.3) is 0 Å². The summed E-state index contributed by atoms with van der Waals surface area (Å²) in [7, 11) is 0. The van der Waals surface area contributed by atoms with Crippen molar-refractivity contribution >= 4 is 11.8 Å². The van der Waals surface area contributed by atoms with Crippen molar-refractivity contribution in [3.8, 4) is 0 Å². The maximum Gasteiger partial charge on any atom is 0.239 e. The van der Waals surface area contributed by atoms with Crippen molar-refractivity contribution < 1.29 is 14.3 Å². The number of hydrogen-bond acceptors (Lipinski definition) is 4. The molecule has 0 aromatic rings. The van der Waals surface area contributed by atoms with Crippen LogP contribution in [0.15, 0.2) is 0 Å². The lowest BCUT2D eigenvalue weighted by Gasteiger charge is -2.30. The average molecular weight is 269 g/mol. The highest BCUT2D eigenvalue weighted by Gasteiger charge is 2.26. The summed E-state index contributed by atoms with van der Waals surface area (Å²) in [4.78, 5) is 25.6. The molecule has 0 spiro atoms. The van der Waals surface area contributed by atoms with Gasteiger partial charge < -0.3 is 20.3 Å². The van der Waals surface area contributed by atoms with E-state index in [2.05, 4.69) is 10.6 Å². The van der Waals surface area contributed by atoms with Crippen molar-refractivity contribution in [2.24, 2.45) is 0 Å². The first-order chi connectivity index (χ1) is 9.16. The summed E-state index contributed by atoms with van der Waals surface area (Å²) in [6, 6.07) is -0.142. The van der Waals surface area contributed by atoms with Gasteiger partial charge in [-0.25, -0.2) is 0 Å². The van der Waals surface area contributed by atoms with Gasteiger partial charge >= 0.3 is 0 Å². The van der Waals surface area contributed by atoms with Gasteiger partial charge in [-0.1, -0.05) is 0 Å².